The lowest BCUT2D eigenvalue weighted by Gasteiger charge is -2.34. The van der Waals surface area contributed by atoms with E-state index in [0.717, 1.165) is 42.9 Å². The molecule has 4 atom stereocenters. The fourth-order valence-corrected chi connectivity index (χ4v) is 6.34. The Morgan fingerprint density at radius 1 is 0.857 bits per heavy atom. The van der Waals surface area contributed by atoms with Crippen molar-refractivity contribution in [2.75, 3.05) is 11.5 Å². The second kappa shape index (κ2) is 6.24. The van der Waals surface area contributed by atoms with Crippen LogP contribution in [0.2, 0.25) is 0 Å². The van der Waals surface area contributed by atoms with Crippen LogP contribution in [0.25, 0.3) is 0 Å². The van der Waals surface area contributed by atoms with Gasteiger partial charge in [-0.3, -0.25) is 0 Å². The summed E-state index contributed by atoms with van der Waals surface area (Å²) in [6.07, 6.45) is 4.68. The third-order valence-corrected chi connectivity index (χ3v) is 7.93. The standard InChI is InChI=1S/C15H24O4S2/c1-3-20(16,17)10-12-5-8-15-13(9-12)6-7-14(15)11-21(18,19)4-2/h3-4,12-15H,1-2,5-11H2. The predicted octanol–water partition coefficient (Wildman–Crippen LogP) is 2.55. The normalized spacial score (nSPS) is 33.3. The Kier molecular flexibility index (Phi) is 4.98. The highest BCUT2D eigenvalue weighted by atomic mass is 32.2. The van der Waals surface area contributed by atoms with E-state index in [1.165, 1.54) is 0 Å². The van der Waals surface area contributed by atoms with Crippen LogP contribution >= 0.6 is 0 Å². The van der Waals surface area contributed by atoms with Crippen LogP contribution in [0.3, 0.4) is 0 Å². The van der Waals surface area contributed by atoms with Gasteiger partial charge in [0.25, 0.3) is 0 Å². The van der Waals surface area contributed by atoms with Crippen molar-refractivity contribution in [2.45, 2.75) is 32.1 Å². The van der Waals surface area contributed by atoms with Gasteiger partial charge in [-0.2, -0.15) is 0 Å². The van der Waals surface area contributed by atoms with Gasteiger partial charge in [0.1, 0.15) is 0 Å². The summed E-state index contributed by atoms with van der Waals surface area (Å²) in [6, 6.07) is 0. The third-order valence-electron chi connectivity index (χ3n) is 5.09. The maximum absolute atomic E-state index is 11.7. The van der Waals surface area contributed by atoms with Crippen molar-refractivity contribution in [3.63, 3.8) is 0 Å². The highest BCUT2D eigenvalue weighted by molar-refractivity contribution is 7.94. The van der Waals surface area contributed by atoms with Gasteiger partial charge in [-0.25, -0.2) is 16.8 Å². The quantitative estimate of drug-likeness (QED) is 0.749. The van der Waals surface area contributed by atoms with E-state index < -0.39 is 19.7 Å². The molecule has 2 fully saturated rings. The van der Waals surface area contributed by atoms with E-state index in [1.54, 1.807) is 0 Å². The molecular weight excluding hydrogens is 308 g/mol. The van der Waals surface area contributed by atoms with Crippen LogP contribution in [0.4, 0.5) is 0 Å². The predicted molar refractivity (Wildman–Crippen MR) is 85.0 cm³/mol. The molecule has 0 spiro atoms. The van der Waals surface area contributed by atoms with Crippen molar-refractivity contribution < 1.29 is 16.8 Å². The molecule has 0 aliphatic heterocycles. The second-order valence-corrected chi connectivity index (χ2v) is 10.4. The van der Waals surface area contributed by atoms with Crippen molar-refractivity contribution in [1.29, 1.82) is 0 Å². The molecule has 0 aromatic carbocycles. The number of sulfone groups is 2. The molecular formula is C15H24O4S2. The maximum atomic E-state index is 11.7. The zero-order valence-corrected chi connectivity index (χ0v) is 13.9. The Morgan fingerprint density at radius 3 is 2.10 bits per heavy atom. The largest absolute Gasteiger partial charge is 0.224 e. The molecule has 2 rings (SSSR count). The minimum atomic E-state index is -3.15. The smallest absolute Gasteiger partial charge is 0.171 e. The van der Waals surface area contributed by atoms with Crippen molar-refractivity contribution in [1.82, 2.24) is 0 Å². The molecule has 0 heterocycles. The van der Waals surface area contributed by atoms with Crippen LogP contribution in [0, 0.1) is 23.7 Å². The van der Waals surface area contributed by atoms with Gasteiger partial charge in [0.05, 0.1) is 11.5 Å². The number of hydrogen-bond acceptors (Lipinski definition) is 4. The van der Waals surface area contributed by atoms with Gasteiger partial charge < -0.3 is 0 Å². The molecule has 120 valence electrons. The molecule has 0 radical (unpaired) electrons. The highest BCUT2D eigenvalue weighted by Crippen LogP contribution is 2.48. The van der Waals surface area contributed by atoms with Gasteiger partial charge in [0.15, 0.2) is 19.7 Å². The Labute approximate surface area is 128 Å². The fraction of sp³-hybridized carbons (Fsp3) is 0.733. The zero-order chi connectivity index (χ0) is 15.7. The molecule has 0 N–H and O–H groups in total. The Bertz CT molecular complexity index is 604. The summed E-state index contributed by atoms with van der Waals surface area (Å²) in [6.45, 7) is 6.74. The molecule has 0 aromatic rings. The minimum absolute atomic E-state index is 0.190. The first-order valence-corrected chi connectivity index (χ1v) is 10.9. The molecule has 2 aliphatic rings. The van der Waals surface area contributed by atoms with E-state index in [-0.39, 0.29) is 23.3 Å². The fourth-order valence-electron chi connectivity index (χ4n) is 4.10. The highest BCUT2D eigenvalue weighted by Gasteiger charge is 2.41. The summed E-state index contributed by atoms with van der Waals surface area (Å²) >= 11 is 0. The third kappa shape index (κ3) is 4.19. The SMILES string of the molecule is C=CS(=O)(=O)CC1CCC2C(CCC2CS(=O)(=O)C=C)C1. The number of fused-ring (bicyclic) bond motifs is 1. The lowest BCUT2D eigenvalue weighted by Crippen LogP contribution is -2.29. The van der Waals surface area contributed by atoms with E-state index in [0.29, 0.717) is 11.8 Å². The van der Waals surface area contributed by atoms with E-state index >= 15 is 0 Å². The van der Waals surface area contributed by atoms with Crippen LogP contribution in [0.1, 0.15) is 32.1 Å². The monoisotopic (exact) mass is 332 g/mol. The topological polar surface area (TPSA) is 68.3 Å². The van der Waals surface area contributed by atoms with Gasteiger partial charge >= 0.3 is 0 Å². The summed E-state index contributed by atoms with van der Waals surface area (Å²) in [4.78, 5) is 0. The first-order valence-electron chi connectivity index (χ1n) is 7.46. The van der Waals surface area contributed by atoms with E-state index in [2.05, 4.69) is 13.2 Å². The average molecular weight is 332 g/mol. The van der Waals surface area contributed by atoms with Gasteiger partial charge in [0.2, 0.25) is 0 Å². The molecule has 6 heteroatoms. The van der Waals surface area contributed by atoms with Gasteiger partial charge in [-0.1, -0.05) is 13.2 Å². The molecule has 0 saturated heterocycles. The first kappa shape index (κ1) is 16.7. The first-order chi connectivity index (χ1) is 9.76. The maximum Gasteiger partial charge on any atom is 0.171 e. The van der Waals surface area contributed by atoms with E-state index in [9.17, 15) is 16.8 Å². The number of hydrogen-bond donors (Lipinski definition) is 0. The molecule has 2 aliphatic carbocycles. The summed E-state index contributed by atoms with van der Waals surface area (Å²) in [7, 11) is -6.28. The number of rotatable bonds is 6. The summed E-state index contributed by atoms with van der Waals surface area (Å²) in [5.74, 6) is 1.72. The van der Waals surface area contributed by atoms with Crippen molar-refractivity contribution in [3.05, 3.63) is 24.0 Å². The second-order valence-electron chi connectivity index (χ2n) is 6.43. The summed E-state index contributed by atoms with van der Waals surface area (Å²) < 4.78 is 46.7. The minimum Gasteiger partial charge on any atom is -0.224 e. The van der Waals surface area contributed by atoms with Crippen LogP contribution in [-0.4, -0.2) is 28.3 Å². The van der Waals surface area contributed by atoms with Crippen molar-refractivity contribution in [2.24, 2.45) is 23.7 Å². The lowest BCUT2D eigenvalue weighted by molar-refractivity contribution is 0.194. The summed E-state index contributed by atoms with van der Waals surface area (Å²) in [5.41, 5.74) is 0. The van der Waals surface area contributed by atoms with Gasteiger partial charge in [-0.05, 0) is 55.8 Å². The van der Waals surface area contributed by atoms with Crippen LogP contribution in [0.5, 0.6) is 0 Å². The molecule has 0 bridgehead atoms. The molecule has 0 amide bonds. The van der Waals surface area contributed by atoms with Crippen LogP contribution < -0.4 is 0 Å². The Balaban J connectivity index is 1.97. The van der Waals surface area contributed by atoms with Gasteiger partial charge in [0, 0.05) is 10.8 Å². The van der Waals surface area contributed by atoms with Crippen LogP contribution in [-0.2, 0) is 19.7 Å². The van der Waals surface area contributed by atoms with Crippen molar-refractivity contribution >= 4 is 19.7 Å². The van der Waals surface area contributed by atoms with Crippen LogP contribution in [0.15, 0.2) is 24.0 Å². The van der Waals surface area contributed by atoms with E-state index in [4.69, 9.17) is 0 Å². The molecule has 0 aromatic heterocycles. The average Bonchev–Trinajstić information content (AvgIpc) is 2.80. The lowest BCUT2D eigenvalue weighted by atomic mass is 9.74. The summed E-state index contributed by atoms with van der Waals surface area (Å²) in [5, 5.41) is 2.11. The Hall–Kier alpha value is -0.620. The molecule has 2 saturated carbocycles. The molecule has 21 heavy (non-hydrogen) atoms. The van der Waals surface area contributed by atoms with Crippen molar-refractivity contribution in [3.8, 4) is 0 Å². The Morgan fingerprint density at radius 2 is 1.48 bits per heavy atom. The van der Waals surface area contributed by atoms with Gasteiger partial charge in [-0.15, -0.1) is 0 Å². The zero-order valence-electron chi connectivity index (χ0n) is 12.3. The molecule has 4 unspecified atom stereocenters. The molecule has 4 nitrogen and oxygen atoms in total. The van der Waals surface area contributed by atoms with E-state index in [1.807, 2.05) is 0 Å².